The van der Waals surface area contributed by atoms with Crippen molar-refractivity contribution < 1.29 is 11.0 Å². The molecule has 1 heterocycles. The van der Waals surface area contributed by atoms with Crippen molar-refractivity contribution in [3.8, 4) is 0 Å². The molecule has 5 N–H and O–H groups in total. The van der Waals surface area contributed by atoms with Crippen molar-refractivity contribution in [2.24, 2.45) is 0 Å². The van der Waals surface area contributed by atoms with Gasteiger partial charge in [-0.3, -0.25) is 5.43 Å². The van der Waals surface area contributed by atoms with Crippen LogP contribution >= 0.6 is 0 Å². The number of hydrogen-bond acceptors (Lipinski definition) is 2. The third kappa shape index (κ3) is 6.14. The van der Waals surface area contributed by atoms with Crippen LogP contribution in [-0.2, 0) is 0 Å². The van der Waals surface area contributed by atoms with E-state index in [-0.39, 0.29) is 11.0 Å². The van der Waals surface area contributed by atoms with Crippen LogP contribution in [0.4, 0.5) is 0 Å². The van der Waals surface area contributed by atoms with Crippen LogP contribution in [0.3, 0.4) is 0 Å². The van der Waals surface area contributed by atoms with Gasteiger partial charge in [-0.2, -0.15) is 0 Å². The minimum atomic E-state index is 0. The van der Waals surface area contributed by atoms with E-state index >= 15 is 0 Å². The zero-order valence-electron chi connectivity index (χ0n) is 11.7. The quantitative estimate of drug-likeness (QED) is 0.780. The summed E-state index contributed by atoms with van der Waals surface area (Å²) in [7, 11) is 0. The van der Waals surface area contributed by atoms with Gasteiger partial charge in [-0.1, -0.05) is 44.9 Å². The molecule has 110 valence electrons. The summed E-state index contributed by atoms with van der Waals surface area (Å²) in [6, 6.07) is 0.832. The highest BCUT2D eigenvalue weighted by molar-refractivity contribution is 4.72. The van der Waals surface area contributed by atoms with E-state index in [9.17, 15) is 0 Å². The number of hydrazine groups is 1. The van der Waals surface area contributed by atoms with Gasteiger partial charge in [-0.25, -0.2) is 5.01 Å². The molecule has 1 aliphatic carbocycles. The minimum absolute atomic E-state index is 0. The standard InChI is InChI=1S/C14H28N2.2H2O/c1-2-6-10-14(11-7-3-1)16-13-9-5-4-8-12-15-16;;/h14-15H,1-13H2;2*1H2. The molecule has 2 aliphatic rings. The number of nitrogens with zero attached hydrogens (tertiary/aromatic N) is 1. The Balaban J connectivity index is 0.00000144. The van der Waals surface area contributed by atoms with E-state index in [1.807, 2.05) is 0 Å². The summed E-state index contributed by atoms with van der Waals surface area (Å²) in [6.07, 6.45) is 15.8. The molecular formula is C14H32N2O2. The maximum Gasteiger partial charge on any atom is 0.0243 e. The minimum Gasteiger partial charge on any atom is -0.412 e. The Morgan fingerprint density at radius 2 is 1.22 bits per heavy atom. The molecule has 0 aromatic carbocycles. The molecular weight excluding hydrogens is 228 g/mol. The molecule has 1 aliphatic heterocycles. The molecule has 0 spiro atoms. The summed E-state index contributed by atoms with van der Waals surface area (Å²) in [5.41, 5.74) is 3.67. The van der Waals surface area contributed by atoms with Crippen molar-refractivity contribution in [2.45, 2.75) is 76.7 Å². The van der Waals surface area contributed by atoms with Gasteiger partial charge in [0.05, 0.1) is 0 Å². The Labute approximate surface area is 112 Å². The van der Waals surface area contributed by atoms with Gasteiger partial charge in [0.25, 0.3) is 0 Å². The Morgan fingerprint density at radius 1 is 0.667 bits per heavy atom. The van der Waals surface area contributed by atoms with Gasteiger partial charge in [-0.15, -0.1) is 0 Å². The van der Waals surface area contributed by atoms with Gasteiger partial charge >= 0.3 is 0 Å². The Hall–Kier alpha value is -0.160. The molecule has 0 unspecified atom stereocenters. The van der Waals surface area contributed by atoms with E-state index in [2.05, 4.69) is 10.4 Å². The summed E-state index contributed by atoms with van der Waals surface area (Å²) in [5, 5.41) is 2.59. The van der Waals surface area contributed by atoms with Gasteiger partial charge in [0.15, 0.2) is 0 Å². The lowest BCUT2D eigenvalue weighted by Crippen LogP contribution is -2.47. The van der Waals surface area contributed by atoms with E-state index < -0.39 is 0 Å². The van der Waals surface area contributed by atoms with Crippen LogP contribution in [-0.4, -0.2) is 35.1 Å². The maximum atomic E-state index is 3.67. The SMILES string of the molecule is C1CCCC(N2CCCCCCN2)CCC1.O.O. The summed E-state index contributed by atoms with van der Waals surface area (Å²) in [5.74, 6) is 0. The Bertz CT molecular complexity index is 155. The Kier molecular flexibility index (Phi) is 10.6. The van der Waals surface area contributed by atoms with Gasteiger partial charge in [0, 0.05) is 19.1 Å². The van der Waals surface area contributed by atoms with Crippen LogP contribution < -0.4 is 5.43 Å². The molecule has 0 aromatic heterocycles. The highest BCUT2D eigenvalue weighted by Crippen LogP contribution is 2.21. The lowest BCUT2D eigenvalue weighted by atomic mass is 9.96. The van der Waals surface area contributed by atoms with E-state index in [0.717, 1.165) is 6.04 Å². The van der Waals surface area contributed by atoms with Gasteiger partial charge in [0.2, 0.25) is 0 Å². The van der Waals surface area contributed by atoms with Gasteiger partial charge in [0.1, 0.15) is 0 Å². The number of hydrogen-bond donors (Lipinski definition) is 1. The number of rotatable bonds is 1. The lowest BCUT2D eigenvalue weighted by Gasteiger charge is -2.34. The summed E-state index contributed by atoms with van der Waals surface area (Å²) >= 11 is 0. The molecule has 1 saturated heterocycles. The van der Waals surface area contributed by atoms with E-state index in [1.54, 1.807) is 0 Å². The second-order valence-electron chi connectivity index (χ2n) is 5.51. The second kappa shape index (κ2) is 10.7. The highest BCUT2D eigenvalue weighted by Gasteiger charge is 2.19. The monoisotopic (exact) mass is 260 g/mol. The summed E-state index contributed by atoms with van der Waals surface area (Å²) < 4.78 is 0. The normalized spacial score (nSPS) is 24.7. The van der Waals surface area contributed by atoms with Crippen LogP contribution in [0, 0.1) is 0 Å². The van der Waals surface area contributed by atoms with Crippen molar-refractivity contribution >= 4 is 0 Å². The lowest BCUT2D eigenvalue weighted by molar-refractivity contribution is 0.0927. The van der Waals surface area contributed by atoms with E-state index in [0.29, 0.717) is 0 Å². The second-order valence-corrected chi connectivity index (χ2v) is 5.51. The van der Waals surface area contributed by atoms with Crippen molar-refractivity contribution in [1.29, 1.82) is 0 Å². The van der Waals surface area contributed by atoms with Crippen molar-refractivity contribution in [3.63, 3.8) is 0 Å². The fourth-order valence-electron chi connectivity index (χ4n) is 3.12. The number of nitrogens with one attached hydrogen (secondary N) is 1. The fraction of sp³-hybridized carbons (Fsp3) is 1.00. The molecule has 4 heteroatoms. The summed E-state index contributed by atoms with van der Waals surface area (Å²) in [6.45, 7) is 2.49. The molecule has 0 radical (unpaired) electrons. The molecule has 0 bridgehead atoms. The average molecular weight is 260 g/mol. The molecule has 4 nitrogen and oxygen atoms in total. The first kappa shape index (κ1) is 17.8. The van der Waals surface area contributed by atoms with Gasteiger partial charge in [-0.05, 0) is 25.7 Å². The van der Waals surface area contributed by atoms with Crippen molar-refractivity contribution in [1.82, 2.24) is 10.4 Å². The molecule has 2 fully saturated rings. The van der Waals surface area contributed by atoms with Crippen LogP contribution in [0.15, 0.2) is 0 Å². The topological polar surface area (TPSA) is 78.3 Å². The molecule has 18 heavy (non-hydrogen) atoms. The third-order valence-electron chi connectivity index (χ3n) is 4.16. The van der Waals surface area contributed by atoms with Gasteiger partial charge < -0.3 is 11.0 Å². The smallest absolute Gasteiger partial charge is 0.0243 e. The fourth-order valence-corrected chi connectivity index (χ4v) is 3.12. The predicted molar refractivity (Wildman–Crippen MR) is 76.5 cm³/mol. The van der Waals surface area contributed by atoms with Crippen molar-refractivity contribution in [3.05, 3.63) is 0 Å². The first-order valence-electron chi connectivity index (χ1n) is 7.47. The summed E-state index contributed by atoms with van der Waals surface area (Å²) in [4.78, 5) is 0. The third-order valence-corrected chi connectivity index (χ3v) is 4.16. The van der Waals surface area contributed by atoms with E-state index in [4.69, 9.17) is 0 Å². The molecule has 0 aromatic rings. The van der Waals surface area contributed by atoms with Crippen LogP contribution in [0.25, 0.3) is 0 Å². The molecule has 0 atom stereocenters. The zero-order chi connectivity index (χ0) is 11.1. The average Bonchev–Trinajstić information content (AvgIpc) is 2.18. The zero-order valence-corrected chi connectivity index (χ0v) is 11.7. The highest BCUT2D eigenvalue weighted by atomic mass is 16.0. The first-order valence-corrected chi connectivity index (χ1v) is 7.47. The van der Waals surface area contributed by atoms with Crippen LogP contribution in [0.2, 0.25) is 0 Å². The Morgan fingerprint density at radius 3 is 1.94 bits per heavy atom. The molecule has 2 rings (SSSR count). The van der Waals surface area contributed by atoms with Crippen molar-refractivity contribution in [2.75, 3.05) is 13.1 Å². The van der Waals surface area contributed by atoms with E-state index in [1.165, 1.54) is 83.7 Å². The van der Waals surface area contributed by atoms with Crippen LogP contribution in [0.1, 0.15) is 70.6 Å². The first-order chi connectivity index (χ1) is 7.97. The molecule has 1 saturated carbocycles. The predicted octanol–water partition coefficient (Wildman–Crippen LogP) is 1.83. The molecule has 0 amide bonds. The van der Waals surface area contributed by atoms with Crippen LogP contribution in [0.5, 0.6) is 0 Å². The largest absolute Gasteiger partial charge is 0.412 e. The maximum absolute atomic E-state index is 3.67.